The van der Waals surface area contributed by atoms with Crippen molar-refractivity contribution in [2.75, 3.05) is 11.5 Å². The number of hydrogen-bond donors (Lipinski definition) is 2. The highest BCUT2D eigenvalue weighted by Gasteiger charge is 2.08. The summed E-state index contributed by atoms with van der Waals surface area (Å²) in [7, 11) is 0. The van der Waals surface area contributed by atoms with E-state index in [4.69, 9.17) is 5.84 Å². The van der Waals surface area contributed by atoms with Crippen LogP contribution in [0, 0.1) is 0 Å². The van der Waals surface area contributed by atoms with Gasteiger partial charge in [0.1, 0.15) is 0 Å². The summed E-state index contributed by atoms with van der Waals surface area (Å²) in [5, 5.41) is 4.22. The quantitative estimate of drug-likeness (QED) is 0.566. The van der Waals surface area contributed by atoms with E-state index in [9.17, 15) is 0 Å². The molecule has 1 aromatic rings. The molecule has 68 valence electrons. The minimum absolute atomic E-state index is 0.307. The molecule has 0 saturated carbocycles. The van der Waals surface area contributed by atoms with E-state index < -0.39 is 0 Å². The molecular formula is C8H14N2S2. The lowest BCUT2D eigenvalue weighted by atomic mass is 10.2. The summed E-state index contributed by atoms with van der Waals surface area (Å²) in [4.78, 5) is 0. The Morgan fingerprint density at radius 1 is 1.75 bits per heavy atom. The molecule has 0 bridgehead atoms. The molecule has 1 aromatic heterocycles. The number of hydrogen-bond acceptors (Lipinski definition) is 4. The Morgan fingerprint density at radius 3 is 3.08 bits per heavy atom. The predicted molar refractivity (Wildman–Crippen MR) is 57.4 cm³/mol. The van der Waals surface area contributed by atoms with E-state index in [-0.39, 0.29) is 0 Å². The minimum atomic E-state index is 0.307. The van der Waals surface area contributed by atoms with Crippen LogP contribution >= 0.6 is 23.1 Å². The van der Waals surface area contributed by atoms with Gasteiger partial charge in [0.15, 0.2) is 0 Å². The van der Waals surface area contributed by atoms with Gasteiger partial charge in [0.05, 0.1) is 6.04 Å². The molecule has 1 atom stereocenters. The standard InChI is InChI=1S/C8H14N2S2/c1-2-11-6-8(10-9)7-3-4-12-5-7/h3-5,8,10H,2,6,9H2,1H3. The van der Waals surface area contributed by atoms with Crippen LogP contribution in [0.1, 0.15) is 18.5 Å². The van der Waals surface area contributed by atoms with Gasteiger partial charge >= 0.3 is 0 Å². The largest absolute Gasteiger partial charge is 0.271 e. The minimum Gasteiger partial charge on any atom is -0.271 e. The van der Waals surface area contributed by atoms with Gasteiger partial charge in [-0.3, -0.25) is 11.3 Å². The van der Waals surface area contributed by atoms with Crippen molar-refractivity contribution >= 4 is 23.1 Å². The zero-order chi connectivity index (χ0) is 8.81. The number of nitrogens with one attached hydrogen (secondary N) is 1. The smallest absolute Gasteiger partial charge is 0.0558 e. The fourth-order valence-corrected chi connectivity index (χ4v) is 2.42. The molecule has 1 unspecified atom stereocenters. The van der Waals surface area contributed by atoms with Crippen molar-refractivity contribution in [2.24, 2.45) is 5.84 Å². The maximum Gasteiger partial charge on any atom is 0.0558 e. The molecule has 12 heavy (non-hydrogen) atoms. The lowest BCUT2D eigenvalue weighted by Gasteiger charge is -2.12. The predicted octanol–water partition coefficient (Wildman–Crippen LogP) is 2.01. The molecule has 0 aliphatic rings. The summed E-state index contributed by atoms with van der Waals surface area (Å²) in [6, 6.07) is 2.42. The van der Waals surface area contributed by atoms with Gasteiger partial charge in [-0.15, -0.1) is 0 Å². The fourth-order valence-electron chi connectivity index (χ4n) is 0.950. The number of nitrogens with two attached hydrogens (primary N) is 1. The molecule has 0 radical (unpaired) electrons. The third-order valence-corrected chi connectivity index (χ3v) is 3.31. The van der Waals surface area contributed by atoms with Crippen LogP contribution in [0.4, 0.5) is 0 Å². The molecule has 0 aromatic carbocycles. The van der Waals surface area contributed by atoms with Gasteiger partial charge in [-0.25, -0.2) is 0 Å². The van der Waals surface area contributed by atoms with E-state index >= 15 is 0 Å². The summed E-state index contributed by atoms with van der Waals surface area (Å²) < 4.78 is 0. The van der Waals surface area contributed by atoms with Gasteiger partial charge in [0.2, 0.25) is 0 Å². The molecule has 3 N–H and O–H groups in total. The third kappa shape index (κ3) is 2.79. The van der Waals surface area contributed by atoms with Gasteiger partial charge in [0.25, 0.3) is 0 Å². The van der Waals surface area contributed by atoms with Crippen LogP contribution in [-0.2, 0) is 0 Å². The Balaban J connectivity index is 2.45. The van der Waals surface area contributed by atoms with E-state index in [0.717, 1.165) is 11.5 Å². The molecule has 0 fully saturated rings. The Bertz CT molecular complexity index is 199. The van der Waals surface area contributed by atoms with Crippen LogP contribution in [0.5, 0.6) is 0 Å². The Kier molecular flexibility index (Phi) is 4.68. The first-order chi connectivity index (χ1) is 5.88. The summed E-state index contributed by atoms with van der Waals surface area (Å²) in [6.07, 6.45) is 0. The van der Waals surface area contributed by atoms with Crippen LogP contribution in [0.25, 0.3) is 0 Å². The van der Waals surface area contributed by atoms with Crippen molar-refractivity contribution < 1.29 is 0 Å². The molecule has 4 heteroatoms. The van der Waals surface area contributed by atoms with Gasteiger partial charge in [0, 0.05) is 5.75 Å². The van der Waals surface area contributed by atoms with Crippen LogP contribution < -0.4 is 11.3 Å². The second kappa shape index (κ2) is 5.59. The lowest BCUT2D eigenvalue weighted by Crippen LogP contribution is -2.29. The average molecular weight is 202 g/mol. The first-order valence-corrected chi connectivity index (χ1v) is 6.04. The number of rotatable bonds is 5. The maximum absolute atomic E-state index is 5.45. The molecule has 1 rings (SSSR count). The van der Waals surface area contributed by atoms with Crippen molar-refractivity contribution in [3.8, 4) is 0 Å². The lowest BCUT2D eigenvalue weighted by molar-refractivity contribution is 0.612. The van der Waals surface area contributed by atoms with E-state index in [1.807, 2.05) is 11.8 Å². The number of thioether (sulfide) groups is 1. The highest BCUT2D eigenvalue weighted by molar-refractivity contribution is 7.99. The first-order valence-electron chi connectivity index (χ1n) is 3.94. The molecular weight excluding hydrogens is 188 g/mol. The second-order valence-corrected chi connectivity index (χ2v) is 4.53. The van der Waals surface area contributed by atoms with Crippen molar-refractivity contribution in [1.29, 1.82) is 0 Å². The van der Waals surface area contributed by atoms with Crippen molar-refractivity contribution in [2.45, 2.75) is 13.0 Å². The van der Waals surface area contributed by atoms with E-state index in [1.54, 1.807) is 11.3 Å². The van der Waals surface area contributed by atoms with Crippen LogP contribution in [0.3, 0.4) is 0 Å². The van der Waals surface area contributed by atoms with Crippen LogP contribution in [0.15, 0.2) is 16.8 Å². The zero-order valence-corrected chi connectivity index (χ0v) is 8.75. The normalized spacial score (nSPS) is 13.2. The van der Waals surface area contributed by atoms with Gasteiger partial charge in [-0.1, -0.05) is 6.92 Å². The Labute approximate surface area is 81.5 Å². The Hall–Kier alpha value is -0.0300. The van der Waals surface area contributed by atoms with Gasteiger partial charge in [-0.2, -0.15) is 23.1 Å². The van der Waals surface area contributed by atoms with Crippen LogP contribution in [0.2, 0.25) is 0 Å². The molecule has 0 saturated heterocycles. The number of thiophene rings is 1. The van der Waals surface area contributed by atoms with Gasteiger partial charge in [-0.05, 0) is 28.1 Å². The number of hydrazine groups is 1. The monoisotopic (exact) mass is 202 g/mol. The molecule has 1 heterocycles. The second-order valence-electron chi connectivity index (χ2n) is 2.44. The maximum atomic E-state index is 5.45. The third-order valence-electron chi connectivity index (χ3n) is 1.64. The summed E-state index contributed by atoms with van der Waals surface area (Å²) in [5.74, 6) is 7.63. The fraction of sp³-hybridized carbons (Fsp3) is 0.500. The van der Waals surface area contributed by atoms with E-state index in [0.29, 0.717) is 6.04 Å². The van der Waals surface area contributed by atoms with Crippen LogP contribution in [-0.4, -0.2) is 11.5 Å². The molecule has 0 amide bonds. The summed E-state index contributed by atoms with van der Waals surface area (Å²) >= 11 is 3.61. The molecule has 2 nitrogen and oxygen atoms in total. The first kappa shape index (κ1) is 10.1. The topological polar surface area (TPSA) is 38.0 Å². The zero-order valence-electron chi connectivity index (χ0n) is 7.12. The molecule has 0 aliphatic heterocycles. The molecule has 0 aliphatic carbocycles. The van der Waals surface area contributed by atoms with Gasteiger partial charge < -0.3 is 0 Å². The van der Waals surface area contributed by atoms with E-state index in [2.05, 4.69) is 29.2 Å². The molecule has 0 spiro atoms. The van der Waals surface area contributed by atoms with Crippen molar-refractivity contribution in [3.63, 3.8) is 0 Å². The van der Waals surface area contributed by atoms with Crippen molar-refractivity contribution in [3.05, 3.63) is 22.4 Å². The highest BCUT2D eigenvalue weighted by Crippen LogP contribution is 2.19. The summed E-state index contributed by atoms with van der Waals surface area (Å²) in [5.41, 5.74) is 4.12. The highest BCUT2D eigenvalue weighted by atomic mass is 32.2. The summed E-state index contributed by atoms with van der Waals surface area (Å²) in [6.45, 7) is 2.16. The average Bonchev–Trinajstić information content (AvgIpc) is 2.59. The van der Waals surface area contributed by atoms with Crippen molar-refractivity contribution in [1.82, 2.24) is 5.43 Å². The van der Waals surface area contributed by atoms with E-state index in [1.165, 1.54) is 5.56 Å². The Morgan fingerprint density at radius 2 is 2.58 bits per heavy atom. The SMILES string of the molecule is CCSCC(NN)c1ccsc1.